The summed E-state index contributed by atoms with van der Waals surface area (Å²) in [5.74, 6) is 1.14. The minimum absolute atomic E-state index is 0.00577. The largest absolute Gasteiger partial charge is 0.494 e. The van der Waals surface area contributed by atoms with Gasteiger partial charge in [-0.15, -0.1) is 0 Å². The maximum Gasteiger partial charge on any atom is 0.220 e. The number of carbonyl (C=O) groups is 2. The van der Waals surface area contributed by atoms with Gasteiger partial charge in [0, 0.05) is 24.4 Å². The Hall–Kier alpha value is -2.15. The van der Waals surface area contributed by atoms with Crippen LogP contribution in [-0.2, 0) is 16.0 Å². The summed E-state index contributed by atoms with van der Waals surface area (Å²) in [5.41, 5.74) is -0.136. The number of nitrogens with one attached hydrogen (secondary N) is 2. The third-order valence-corrected chi connectivity index (χ3v) is 8.39. The highest BCUT2D eigenvalue weighted by Gasteiger charge is 2.55. The predicted molar refractivity (Wildman–Crippen MR) is 116 cm³/mol. The number of benzene rings is 1. The van der Waals surface area contributed by atoms with Crippen LogP contribution >= 0.6 is 0 Å². The number of carbonyl (C=O) groups excluding carboxylic acids is 2. The third-order valence-electron chi connectivity index (χ3n) is 8.39. The van der Waals surface area contributed by atoms with Crippen LogP contribution in [0.15, 0.2) is 18.2 Å². The quantitative estimate of drug-likeness (QED) is 0.604. The van der Waals surface area contributed by atoms with E-state index in [2.05, 4.69) is 10.6 Å². The van der Waals surface area contributed by atoms with Gasteiger partial charge in [0.25, 0.3) is 0 Å². The number of aliphatic hydroxyl groups is 1. The summed E-state index contributed by atoms with van der Waals surface area (Å²) in [6.45, 7) is 0. The zero-order valence-electron chi connectivity index (χ0n) is 18.7. The zero-order valence-corrected chi connectivity index (χ0v) is 18.7. The van der Waals surface area contributed by atoms with Crippen molar-refractivity contribution >= 4 is 11.8 Å². The average Bonchev–Trinajstić information content (AvgIpc) is 3.10. The molecule has 1 heterocycles. The molecule has 3 atom stereocenters. The topological polar surface area (TPSA) is 87.7 Å². The molecule has 7 heteroatoms. The summed E-state index contributed by atoms with van der Waals surface area (Å²) in [5, 5.41) is 17.2. The van der Waals surface area contributed by atoms with Crippen molar-refractivity contribution in [3.05, 3.63) is 29.6 Å². The van der Waals surface area contributed by atoms with Crippen LogP contribution in [0.4, 0.5) is 4.39 Å². The summed E-state index contributed by atoms with van der Waals surface area (Å²) in [4.78, 5) is 25.0. The molecule has 4 bridgehead atoms. The first kappa shape index (κ1) is 21.7. The van der Waals surface area contributed by atoms with E-state index in [4.69, 9.17) is 4.74 Å². The Morgan fingerprint density at radius 1 is 1.28 bits per heavy atom. The van der Waals surface area contributed by atoms with Crippen LogP contribution in [0.1, 0.15) is 63.4 Å². The van der Waals surface area contributed by atoms with Crippen molar-refractivity contribution in [1.82, 2.24) is 10.6 Å². The molecular weight excluding hydrogens is 411 g/mol. The lowest BCUT2D eigenvalue weighted by Gasteiger charge is -2.58. The van der Waals surface area contributed by atoms with E-state index in [1.807, 2.05) is 0 Å². The summed E-state index contributed by atoms with van der Waals surface area (Å²) < 4.78 is 18.9. The highest BCUT2D eigenvalue weighted by molar-refractivity contribution is 5.80. The van der Waals surface area contributed by atoms with Gasteiger partial charge in [-0.1, -0.05) is 6.07 Å². The maximum absolute atomic E-state index is 13.8. The van der Waals surface area contributed by atoms with Gasteiger partial charge in [-0.25, -0.2) is 4.39 Å². The lowest BCUT2D eigenvalue weighted by molar-refractivity contribution is -0.146. The molecule has 3 N–H and O–H groups in total. The number of hydrogen-bond donors (Lipinski definition) is 3. The highest BCUT2D eigenvalue weighted by atomic mass is 19.1. The Bertz CT molecular complexity index is 905. The van der Waals surface area contributed by atoms with Crippen molar-refractivity contribution in [2.75, 3.05) is 7.11 Å². The molecule has 3 unspecified atom stereocenters. The number of amides is 2. The Morgan fingerprint density at radius 2 is 2.03 bits per heavy atom. The Balaban J connectivity index is 1.23. The molecule has 1 aromatic carbocycles. The molecule has 0 spiro atoms. The van der Waals surface area contributed by atoms with Crippen molar-refractivity contribution in [1.29, 1.82) is 0 Å². The minimum atomic E-state index is -0.508. The van der Waals surface area contributed by atoms with E-state index in [0.29, 0.717) is 49.9 Å². The van der Waals surface area contributed by atoms with E-state index in [0.717, 1.165) is 37.7 Å². The first-order chi connectivity index (χ1) is 15.3. The molecule has 5 aliphatic rings. The third kappa shape index (κ3) is 4.12. The van der Waals surface area contributed by atoms with Crippen LogP contribution in [0.2, 0.25) is 0 Å². The maximum atomic E-state index is 13.8. The van der Waals surface area contributed by atoms with E-state index in [9.17, 15) is 19.1 Å². The van der Waals surface area contributed by atoms with Gasteiger partial charge in [-0.3, -0.25) is 9.59 Å². The average molecular weight is 445 g/mol. The van der Waals surface area contributed by atoms with Crippen molar-refractivity contribution < 1.29 is 23.8 Å². The van der Waals surface area contributed by atoms with Gasteiger partial charge in [0.1, 0.15) is 0 Å². The van der Waals surface area contributed by atoms with Gasteiger partial charge < -0.3 is 20.5 Å². The Kier molecular flexibility index (Phi) is 5.43. The number of ether oxygens (including phenoxy) is 1. The number of rotatable bonds is 7. The lowest BCUT2D eigenvalue weighted by Crippen LogP contribution is -2.61. The molecule has 6 rings (SSSR count). The van der Waals surface area contributed by atoms with E-state index in [1.54, 1.807) is 12.1 Å². The van der Waals surface area contributed by atoms with Gasteiger partial charge >= 0.3 is 0 Å². The summed E-state index contributed by atoms with van der Waals surface area (Å²) in [7, 11) is 1.43. The lowest BCUT2D eigenvalue weighted by atomic mass is 9.52. The fraction of sp³-hybridized carbons (Fsp3) is 0.680. The standard InChI is InChI=1S/C25H33FN2O4/c1-32-20-10-15(2-3-19(20)26)11-24(7-5-22(30)28-24)6-4-21(29)27-23-17-8-16-9-18(23)14-25(31,12-16)13-17/h2-3,10,16-18,23,31H,4-9,11-14H2,1H3,(H,27,29)(H,28,30). The highest BCUT2D eigenvalue weighted by Crippen LogP contribution is 2.55. The second kappa shape index (κ2) is 8.01. The Labute approximate surface area is 188 Å². The number of methoxy groups -OCH3 is 1. The van der Waals surface area contributed by atoms with Gasteiger partial charge in [-0.2, -0.15) is 0 Å². The molecule has 5 fully saturated rings. The van der Waals surface area contributed by atoms with Crippen molar-refractivity contribution in [3.8, 4) is 5.75 Å². The van der Waals surface area contributed by atoms with E-state index in [-0.39, 0.29) is 23.6 Å². The molecule has 174 valence electrons. The van der Waals surface area contributed by atoms with E-state index in [1.165, 1.54) is 13.2 Å². The smallest absolute Gasteiger partial charge is 0.220 e. The van der Waals surface area contributed by atoms with Crippen LogP contribution in [-0.4, -0.2) is 41.2 Å². The van der Waals surface area contributed by atoms with E-state index < -0.39 is 17.0 Å². The molecule has 0 radical (unpaired) electrons. The van der Waals surface area contributed by atoms with Gasteiger partial charge in [0.05, 0.1) is 12.7 Å². The number of hydrogen-bond acceptors (Lipinski definition) is 4. The van der Waals surface area contributed by atoms with Crippen LogP contribution < -0.4 is 15.4 Å². The molecule has 2 amide bonds. The SMILES string of the molecule is COc1cc(CC2(CCC(=O)NC3C4CC5CC3CC(O)(C5)C4)CCC(=O)N2)ccc1F. The van der Waals surface area contributed by atoms with Crippen LogP contribution in [0.5, 0.6) is 5.75 Å². The van der Waals surface area contributed by atoms with Crippen LogP contribution in [0, 0.1) is 23.6 Å². The molecule has 32 heavy (non-hydrogen) atoms. The Morgan fingerprint density at radius 3 is 2.66 bits per heavy atom. The predicted octanol–water partition coefficient (Wildman–Crippen LogP) is 2.86. The second-order valence-corrected chi connectivity index (χ2v) is 10.8. The first-order valence-corrected chi connectivity index (χ1v) is 11.9. The molecule has 4 saturated carbocycles. The van der Waals surface area contributed by atoms with Gasteiger partial charge in [-0.05, 0) is 86.8 Å². The molecule has 6 nitrogen and oxygen atoms in total. The summed E-state index contributed by atoms with van der Waals surface area (Å²) in [6, 6.07) is 4.92. The second-order valence-electron chi connectivity index (χ2n) is 10.8. The van der Waals surface area contributed by atoms with Gasteiger partial charge in [0.15, 0.2) is 11.6 Å². The summed E-state index contributed by atoms with van der Waals surface area (Å²) in [6.07, 6.45) is 7.25. The molecule has 0 aromatic heterocycles. The molecule has 4 aliphatic carbocycles. The molecule has 1 saturated heterocycles. The first-order valence-electron chi connectivity index (χ1n) is 11.9. The monoisotopic (exact) mass is 444 g/mol. The van der Waals surface area contributed by atoms with Crippen LogP contribution in [0.3, 0.4) is 0 Å². The summed E-state index contributed by atoms with van der Waals surface area (Å²) >= 11 is 0. The zero-order chi connectivity index (χ0) is 22.5. The fourth-order valence-corrected chi connectivity index (χ4v) is 7.21. The number of halogens is 1. The van der Waals surface area contributed by atoms with Crippen molar-refractivity contribution in [2.45, 2.75) is 81.4 Å². The normalized spacial score (nSPS) is 37.4. The molecule has 1 aliphatic heterocycles. The molecular formula is C25H33FN2O4. The fourth-order valence-electron chi connectivity index (χ4n) is 7.21. The van der Waals surface area contributed by atoms with Crippen molar-refractivity contribution in [2.24, 2.45) is 17.8 Å². The molecule has 1 aromatic rings. The van der Waals surface area contributed by atoms with Gasteiger partial charge in [0.2, 0.25) is 11.8 Å². The van der Waals surface area contributed by atoms with Crippen molar-refractivity contribution in [3.63, 3.8) is 0 Å². The van der Waals surface area contributed by atoms with Crippen LogP contribution in [0.25, 0.3) is 0 Å². The minimum Gasteiger partial charge on any atom is -0.494 e. The van der Waals surface area contributed by atoms with E-state index >= 15 is 0 Å².